The van der Waals surface area contributed by atoms with Crippen molar-refractivity contribution in [1.29, 1.82) is 0 Å². The normalized spacial score (nSPS) is 11.8. The minimum atomic E-state index is -0.823. The van der Waals surface area contributed by atoms with Gasteiger partial charge in [-0.1, -0.05) is 37.6 Å². The van der Waals surface area contributed by atoms with E-state index in [1.54, 1.807) is 6.08 Å². The van der Waals surface area contributed by atoms with Crippen LogP contribution < -0.4 is 5.32 Å². The highest BCUT2D eigenvalue weighted by atomic mass is 35.5. The Kier molecular flexibility index (Phi) is 6.24. The molecule has 0 aliphatic carbocycles. The summed E-state index contributed by atoms with van der Waals surface area (Å²) in [5.41, 5.74) is 1.05. The highest BCUT2D eigenvalue weighted by molar-refractivity contribution is 6.31. The van der Waals surface area contributed by atoms with Gasteiger partial charge in [0, 0.05) is 17.6 Å². The molecule has 1 aromatic carbocycles. The zero-order valence-corrected chi connectivity index (χ0v) is 13.0. The second kappa shape index (κ2) is 7.46. The number of halogens is 1. The van der Waals surface area contributed by atoms with Crippen molar-refractivity contribution >= 4 is 23.6 Å². The topological polar surface area (TPSA) is 49.3 Å². The number of rotatable bonds is 6. The van der Waals surface area contributed by atoms with Gasteiger partial charge in [0.2, 0.25) is 5.91 Å². The standard InChI is InChI=1S/C16H22ClNO2/c1-4-16(20,5-2)11-18-15(19)9-8-13-7-6-12(3)14(17)10-13/h6-10,20H,4-5,11H2,1-3H3,(H,18,19). The van der Waals surface area contributed by atoms with Crippen molar-refractivity contribution in [3.05, 3.63) is 40.4 Å². The van der Waals surface area contributed by atoms with Gasteiger partial charge in [-0.2, -0.15) is 0 Å². The predicted molar refractivity (Wildman–Crippen MR) is 83.8 cm³/mol. The van der Waals surface area contributed by atoms with Crippen molar-refractivity contribution in [3.63, 3.8) is 0 Å². The first-order valence-corrected chi connectivity index (χ1v) is 7.22. The van der Waals surface area contributed by atoms with Crippen molar-refractivity contribution in [3.8, 4) is 0 Å². The van der Waals surface area contributed by atoms with E-state index in [2.05, 4.69) is 5.32 Å². The lowest BCUT2D eigenvalue weighted by molar-refractivity contribution is -0.117. The Morgan fingerprint density at radius 3 is 2.60 bits per heavy atom. The molecule has 0 aliphatic rings. The Hall–Kier alpha value is -1.32. The quantitative estimate of drug-likeness (QED) is 0.791. The number of carbonyl (C=O) groups excluding carboxylic acids is 1. The van der Waals surface area contributed by atoms with E-state index < -0.39 is 5.60 Å². The number of hydrogen-bond donors (Lipinski definition) is 2. The highest BCUT2D eigenvalue weighted by Crippen LogP contribution is 2.17. The van der Waals surface area contributed by atoms with Crippen LogP contribution in [-0.4, -0.2) is 23.2 Å². The van der Waals surface area contributed by atoms with E-state index in [1.807, 2.05) is 39.0 Å². The third-order valence-electron chi connectivity index (χ3n) is 3.53. The Morgan fingerprint density at radius 1 is 1.40 bits per heavy atom. The summed E-state index contributed by atoms with van der Waals surface area (Å²) < 4.78 is 0. The Labute approximate surface area is 125 Å². The van der Waals surface area contributed by atoms with Crippen LogP contribution in [0.1, 0.15) is 37.8 Å². The molecular formula is C16H22ClNO2. The smallest absolute Gasteiger partial charge is 0.244 e. The minimum Gasteiger partial charge on any atom is -0.388 e. The number of benzene rings is 1. The molecule has 20 heavy (non-hydrogen) atoms. The third kappa shape index (κ3) is 4.99. The Bertz CT molecular complexity index is 493. The number of hydrogen-bond acceptors (Lipinski definition) is 2. The number of nitrogens with one attached hydrogen (secondary N) is 1. The first kappa shape index (κ1) is 16.7. The molecular weight excluding hydrogens is 274 g/mol. The molecule has 0 fully saturated rings. The molecule has 3 nitrogen and oxygen atoms in total. The van der Waals surface area contributed by atoms with Crippen molar-refractivity contribution in [1.82, 2.24) is 5.32 Å². The van der Waals surface area contributed by atoms with E-state index in [0.717, 1.165) is 11.1 Å². The fourth-order valence-corrected chi connectivity index (χ4v) is 1.88. The molecule has 0 radical (unpaired) electrons. The molecule has 0 bridgehead atoms. The summed E-state index contributed by atoms with van der Waals surface area (Å²) in [7, 11) is 0. The van der Waals surface area contributed by atoms with Gasteiger partial charge in [-0.3, -0.25) is 4.79 Å². The lowest BCUT2D eigenvalue weighted by Gasteiger charge is -2.24. The van der Waals surface area contributed by atoms with E-state index in [-0.39, 0.29) is 12.5 Å². The lowest BCUT2D eigenvalue weighted by atomic mass is 9.98. The van der Waals surface area contributed by atoms with Gasteiger partial charge in [-0.15, -0.1) is 0 Å². The van der Waals surface area contributed by atoms with Crippen LogP contribution in [0.15, 0.2) is 24.3 Å². The number of aliphatic hydroxyl groups is 1. The first-order valence-electron chi connectivity index (χ1n) is 6.84. The molecule has 110 valence electrons. The molecule has 0 aliphatic heterocycles. The fraction of sp³-hybridized carbons (Fsp3) is 0.438. The molecule has 1 aromatic rings. The van der Waals surface area contributed by atoms with E-state index in [0.29, 0.717) is 17.9 Å². The maximum atomic E-state index is 11.7. The Morgan fingerprint density at radius 2 is 2.05 bits per heavy atom. The predicted octanol–water partition coefficient (Wildman–Crippen LogP) is 3.33. The summed E-state index contributed by atoms with van der Waals surface area (Å²) in [6.07, 6.45) is 4.38. The van der Waals surface area contributed by atoms with E-state index in [4.69, 9.17) is 11.6 Å². The second-order valence-electron chi connectivity index (χ2n) is 4.99. The van der Waals surface area contributed by atoms with Crippen LogP contribution in [0.5, 0.6) is 0 Å². The van der Waals surface area contributed by atoms with Gasteiger partial charge in [0.15, 0.2) is 0 Å². The molecule has 2 N–H and O–H groups in total. The van der Waals surface area contributed by atoms with E-state index in [1.165, 1.54) is 6.08 Å². The Balaban J connectivity index is 2.57. The number of carbonyl (C=O) groups is 1. The highest BCUT2D eigenvalue weighted by Gasteiger charge is 2.22. The zero-order chi connectivity index (χ0) is 15.2. The molecule has 0 saturated carbocycles. The van der Waals surface area contributed by atoms with Crippen LogP contribution in [0.3, 0.4) is 0 Å². The molecule has 0 aromatic heterocycles. The third-order valence-corrected chi connectivity index (χ3v) is 3.94. The number of aryl methyl sites for hydroxylation is 1. The molecule has 1 rings (SSSR count). The summed E-state index contributed by atoms with van der Waals surface area (Å²) in [5, 5.41) is 13.5. The summed E-state index contributed by atoms with van der Waals surface area (Å²) >= 11 is 6.02. The molecule has 0 spiro atoms. The van der Waals surface area contributed by atoms with E-state index in [9.17, 15) is 9.90 Å². The average Bonchev–Trinajstić information content (AvgIpc) is 2.46. The van der Waals surface area contributed by atoms with Gasteiger partial charge in [-0.25, -0.2) is 0 Å². The van der Waals surface area contributed by atoms with Crippen LogP contribution in [0.2, 0.25) is 5.02 Å². The lowest BCUT2D eigenvalue weighted by Crippen LogP contribution is -2.41. The summed E-state index contributed by atoms with van der Waals surface area (Å²) in [5.74, 6) is -0.220. The van der Waals surface area contributed by atoms with Gasteiger partial charge < -0.3 is 10.4 Å². The van der Waals surface area contributed by atoms with Gasteiger partial charge in [-0.05, 0) is 43.0 Å². The fourth-order valence-electron chi connectivity index (χ4n) is 1.70. The summed E-state index contributed by atoms with van der Waals surface area (Å²) in [4.78, 5) is 11.7. The van der Waals surface area contributed by atoms with E-state index >= 15 is 0 Å². The number of amides is 1. The van der Waals surface area contributed by atoms with Gasteiger partial charge in [0.1, 0.15) is 0 Å². The average molecular weight is 296 g/mol. The van der Waals surface area contributed by atoms with Crippen LogP contribution >= 0.6 is 11.6 Å². The second-order valence-corrected chi connectivity index (χ2v) is 5.40. The van der Waals surface area contributed by atoms with Crippen LogP contribution in [-0.2, 0) is 4.79 Å². The monoisotopic (exact) mass is 295 g/mol. The van der Waals surface area contributed by atoms with Crippen molar-refractivity contribution < 1.29 is 9.90 Å². The molecule has 4 heteroatoms. The van der Waals surface area contributed by atoms with Crippen molar-refractivity contribution in [2.75, 3.05) is 6.54 Å². The molecule has 0 saturated heterocycles. The van der Waals surface area contributed by atoms with Crippen molar-refractivity contribution in [2.24, 2.45) is 0 Å². The van der Waals surface area contributed by atoms with Gasteiger partial charge in [0.25, 0.3) is 0 Å². The van der Waals surface area contributed by atoms with Crippen molar-refractivity contribution in [2.45, 2.75) is 39.2 Å². The van der Waals surface area contributed by atoms with Gasteiger partial charge in [0.05, 0.1) is 5.60 Å². The first-order chi connectivity index (χ1) is 9.40. The summed E-state index contributed by atoms with van der Waals surface area (Å²) in [6.45, 7) is 6.00. The minimum absolute atomic E-state index is 0.220. The maximum Gasteiger partial charge on any atom is 0.244 e. The maximum absolute atomic E-state index is 11.7. The molecule has 0 unspecified atom stereocenters. The van der Waals surface area contributed by atoms with Gasteiger partial charge >= 0.3 is 0 Å². The zero-order valence-electron chi connectivity index (χ0n) is 12.2. The van der Waals surface area contributed by atoms with Crippen LogP contribution in [0, 0.1) is 6.92 Å². The largest absolute Gasteiger partial charge is 0.388 e. The molecule has 0 heterocycles. The molecule has 1 amide bonds. The SMILES string of the molecule is CCC(O)(CC)CNC(=O)C=Cc1ccc(C)c(Cl)c1. The van der Waals surface area contributed by atoms with Crippen LogP contribution in [0.4, 0.5) is 0 Å². The summed E-state index contributed by atoms with van der Waals surface area (Å²) in [6, 6.07) is 5.63. The molecule has 0 atom stereocenters. The van der Waals surface area contributed by atoms with Crippen LogP contribution in [0.25, 0.3) is 6.08 Å².